The highest BCUT2D eigenvalue weighted by atomic mass is 32.2. The van der Waals surface area contributed by atoms with Gasteiger partial charge in [-0.15, -0.1) is 11.3 Å². The highest BCUT2D eigenvalue weighted by molar-refractivity contribution is 7.87. The topological polar surface area (TPSA) is 81.7 Å². The Hall–Kier alpha value is -1.90. The number of nitrogens with one attached hydrogen (secondary N) is 1. The highest BCUT2D eigenvalue weighted by Crippen LogP contribution is 2.49. The molecule has 0 saturated carbocycles. The van der Waals surface area contributed by atoms with Gasteiger partial charge in [-0.25, -0.2) is 0 Å². The van der Waals surface area contributed by atoms with Crippen LogP contribution in [0.15, 0.2) is 41.8 Å². The van der Waals surface area contributed by atoms with Gasteiger partial charge >= 0.3 is 16.1 Å². The van der Waals surface area contributed by atoms with E-state index in [-0.39, 0.29) is 5.75 Å². The van der Waals surface area contributed by atoms with Crippen LogP contribution >= 0.6 is 11.3 Å². The minimum absolute atomic E-state index is 0.279. The third-order valence-electron chi connectivity index (χ3n) is 4.52. The summed E-state index contributed by atoms with van der Waals surface area (Å²) in [7, 11) is -2.58. The normalized spacial score (nSPS) is 30.0. The van der Waals surface area contributed by atoms with Crippen molar-refractivity contribution in [2.24, 2.45) is 0 Å². The van der Waals surface area contributed by atoms with Crippen molar-refractivity contribution in [2.45, 2.75) is 23.3 Å². The van der Waals surface area contributed by atoms with E-state index in [1.54, 1.807) is 18.2 Å². The van der Waals surface area contributed by atoms with Crippen molar-refractivity contribution in [3.8, 4) is 5.75 Å². The maximum atomic E-state index is 12.8. The molecule has 1 fully saturated rings. The largest absolute Gasteiger partial charge is 0.468 e. The predicted octanol–water partition coefficient (Wildman–Crippen LogP) is 1.81. The average molecular weight is 365 g/mol. The molecule has 1 N–H and O–H groups in total. The SMILES string of the molecule is COC(=O)[C@H]1N[C@@H](c2cccs2)[C@H]2[C@@H]1c1ccccc1OS2(=O)=O. The summed E-state index contributed by atoms with van der Waals surface area (Å²) in [5.41, 5.74) is 0.708. The Labute approximate surface area is 143 Å². The first-order valence-corrected chi connectivity index (χ1v) is 9.77. The monoisotopic (exact) mass is 365 g/mol. The van der Waals surface area contributed by atoms with E-state index in [4.69, 9.17) is 8.92 Å². The molecule has 3 heterocycles. The zero-order valence-electron chi connectivity index (χ0n) is 12.7. The van der Waals surface area contributed by atoms with Gasteiger partial charge in [0, 0.05) is 16.4 Å². The standard InChI is InChI=1S/C16H15NO5S2/c1-21-16(18)14-12-9-5-2-3-6-10(9)22-24(19,20)15(12)13(17-14)11-7-4-8-23-11/h2-8,12-15,17H,1H3/t12-,13+,14+,15-/m1/s1. The van der Waals surface area contributed by atoms with Gasteiger partial charge in [0.05, 0.1) is 13.2 Å². The number of carbonyl (C=O) groups is 1. The zero-order chi connectivity index (χ0) is 16.9. The number of hydrogen-bond donors (Lipinski definition) is 1. The molecule has 8 heteroatoms. The quantitative estimate of drug-likeness (QED) is 0.646. The second-order valence-corrected chi connectivity index (χ2v) is 8.44. The molecule has 1 saturated heterocycles. The smallest absolute Gasteiger partial charge is 0.323 e. The van der Waals surface area contributed by atoms with E-state index in [2.05, 4.69) is 5.32 Å². The molecule has 6 nitrogen and oxygen atoms in total. The lowest BCUT2D eigenvalue weighted by atomic mass is 9.89. The molecule has 1 aromatic heterocycles. The molecule has 2 aliphatic rings. The van der Waals surface area contributed by atoms with Gasteiger partial charge in [0.1, 0.15) is 17.0 Å². The molecule has 1 aromatic carbocycles. The number of ether oxygens (including phenoxy) is 1. The number of rotatable bonds is 2. The van der Waals surface area contributed by atoms with Crippen molar-refractivity contribution in [3.05, 3.63) is 52.2 Å². The fraction of sp³-hybridized carbons (Fsp3) is 0.312. The van der Waals surface area contributed by atoms with Crippen molar-refractivity contribution in [1.82, 2.24) is 5.32 Å². The summed E-state index contributed by atoms with van der Waals surface area (Å²) in [6, 6.07) is 9.38. The van der Waals surface area contributed by atoms with E-state index in [0.29, 0.717) is 5.56 Å². The molecule has 2 aromatic rings. The lowest BCUT2D eigenvalue weighted by Crippen LogP contribution is -2.40. The maximum Gasteiger partial charge on any atom is 0.323 e. The maximum absolute atomic E-state index is 12.8. The van der Waals surface area contributed by atoms with E-state index in [1.165, 1.54) is 18.4 Å². The van der Waals surface area contributed by atoms with Crippen molar-refractivity contribution in [1.29, 1.82) is 0 Å². The molecule has 0 radical (unpaired) electrons. The molecule has 0 spiro atoms. The van der Waals surface area contributed by atoms with Crippen LogP contribution in [0.5, 0.6) is 5.75 Å². The first-order chi connectivity index (χ1) is 11.5. The third kappa shape index (κ3) is 2.25. The number of carbonyl (C=O) groups excluding carboxylic acids is 1. The second-order valence-electron chi connectivity index (χ2n) is 5.76. The van der Waals surface area contributed by atoms with Gasteiger partial charge < -0.3 is 8.92 Å². The molecule has 24 heavy (non-hydrogen) atoms. The molecule has 2 aliphatic heterocycles. The molecule has 126 valence electrons. The van der Waals surface area contributed by atoms with Gasteiger partial charge in [-0.3, -0.25) is 10.1 Å². The van der Waals surface area contributed by atoms with Crippen molar-refractivity contribution < 1.29 is 22.1 Å². The predicted molar refractivity (Wildman–Crippen MR) is 88.5 cm³/mol. The molecule has 0 aliphatic carbocycles. The summed E-state index contributed by atoms with van der Waals surface area (Å²) in [4.78, 5) is 13.1. The Morgan fingerprint density at radius 3 is 2.75 bits per heavy atom. The van der Waals surface area contributed by atoms with Crippen LogP contribution in [0.1, 0.15) is 22.4 Å². The first-order valence-electron chi connectivity index (χ1n) is 7.42. The minimum Gasteiger partial charge on any atom is -0.468 e. The summed E-state index contributed by atoms with van der Waals surface area (Å²) in [6.45, 7) is 0. The molecule has 0 amide bonds. The summed E-state index contributed by atoms with van der Waals surface area (Å²) in [6.07, 6.45) is 0. The fourth-order valence-electron chi connectivity index (χ4n) is 3.56. The Morgan fingerprint density at radius 1 is 1.25 bits per heavy atom. The second kappa shape index (κ2) is 5.58. The van der Waals surface area contributed by atoms with Gasteiger partial charge in [-0.05, 0) is 17.5 Å². The lowest BCUT2D eigenvalue weighted by Gasteiger charge is -2.30. The molecule has 4 atom stereocenters. The number of methoxy groups -OCH3 is 1. The van der Waals surface area contributed by atoms with Crippen LogP contribution in [0.3, 0.4) is 0 Å². The van der Waals surface area contributed by atoms with E-state index < -0.39 is 39.3 Å². The van der Waals surface area contributed by atoms with Crippen LogP contribution in [-0.4, -0.2) is 32.8 Å². The van der Waals surface area contributed by atoms with E-state index in [0.717, 1.165) is 4.88 Å². The van der Waals surface area contributed by atoms with Crippen molar-refractivity contribution in [2.75, 3.05) is 7.11 Å². The van der Waals surface area contributed by atoms with Gasteiger partial charge in [-0.2, -0.15) is 8.42 Å². The van der Waals surface area contributed by atoms with Crippen LogP contribution < -0.4 is 9.50 Å². The Morgan fingerprint density at radius 2 is 2.04 bits per heavy atom. The molecular weight excluding hydrogens is 350 g/mol. The molecule has 4 rings (SSSR count). The molecule has 0 unspecified atom stereocenters. The number of benzene rings is 1. The Kier molecular flexibility index (Phi) is 3.63. The summed E-state index contributed by atoms with van der Waals surface area (Å²) < 4.78 is 35.8. The zero-order valence-corrected chi connectivity index (χ0v) is 14.3. The Balaban J connectivity index is 1.90. The van der Waals surface area contributed by atoms with E-state index in [9.17, 15) is 13.2 Å². The van der Waals surface area contributed by atoms with Crippen LogP contribution in [0.4, 0.5) is 0 Å². The number of fused-ring (bicyclic) bond motifs is 3. The van der Waals surface area contributed by atoms with Crippen molar-refractivity contribution in [3.63, 3.8) is 0 Å². The minimum atomic E-state index is -3.89. The van der Waals surface area contributed by atoms with Crippen LogP contribution in [0.2, 0.25) is 0 Å². The molecule has 0 bridgehead atoms. The Bertz CT molecular complexity index is 878. The number of thiophene rings is 1. The van der Waals surface area contributed by atoms with Crippen molar-refractivity contribution >= 4 is 27.4 Å². The van der Waals surface area contributed by atoms with Crippen LogP contribution in [0.25, 0.3) is 0 Å². The van der Waals surface area contributed by atoms with Gasteiger partial charge in [-0.1, -0.05) is 24.3 Å². The van der Waals surface area contributed by atoms with Gasteiger partial charge in [0.2, 0.25) is 0 Å². The lowest BCUT2D eigenvalue weighted by molar-refractivity contribution is -0.143. The number of para-hydroxylation sites is 1. The summed E-state index contributed by atoms with van der Waals surface area (Å²) >= 11 is 1.44. The number of hydrogen-bond acceptors (Lipinski definition) is 7. The van der Waals surface area contributed by atoms with Crippen LogP contribution in [0, 0.1) is 0 Å². The molecular formula is C16H15NO5S2. The highest BCUT2D eigenvalue weighted by Gasteiger charge is 2.58. The fourth-order valence-corrected chi connectivity index (χ4v) is 6.21. The first kappa shape index (κ1) is 15.6. The summed E-state index contributed by atoms with van der Waals surface area (Å²) in [5, 5.41) is 4.16. The van der Waals surface area contributed by atoms with Crippen LogP contribution in [-0.2, 0) is 19.6 Å². The van der Waals surface area contributed by atoms with Gasteiger partial charge in [0.15, 0.2) is 0 Å². The third-order valence-corrected chi connectivity index (χ3v) is 7.12. The number of esters is 1. The summed E-state index contributed by atoms with van der Waals surface area (Å²) in [5.74, 6) is -0.753. The average Bonchev–Trinajstić information content (AvgIpc) is 3.21. The van der Waals surface area contributed by atoms with E-state index >= 15 is 0 Å². The van der Waals surface area contributed by atoms with Gasteiger partial charge in [0.25, 0.3) is 0 Å². The van der Waals surface area contributed by atoms with E-state index in [1.807, 2.05) is 23.6 Å².